The van der Waals surface area contributed by atoms with Crippen LogP contribution in [0.15, 0.2) is 23.1 Å². The Hall–Kier alpha value is -2.53. The predicted octanol–water partition coefficient (Wildman–Crippen LogP) is 1.25. The van der Waals surface area contributed by atoms with E-state index >= 15 is 0 Å². The number of imide groups is 1. The van der Waals surface area contributed by atoms with Gasteiger partial charge in [-0.3, -0.25) is 10.1 Å². The molecule has 156 valence electrons. The number of ether oxygens (including phenoxy) is 1. The third-order valence-corrected chi connectivity index (χ3v) is 5.77. The van der Waals surface area contributed by atoms with Crippen LogP contribution in [0.2, 0.25) is 0 Å². The molecule has 0 fully saturated rings. The molecule has 0 spiro atoms. The highest BCUT2D eigenvalue weighted by atomic mass is 32.2. The number of nitrogens with one attached hydrogen (secondary N) is 2. The number of hydrogen-bond acceptors (Lipinski definition) is 6. The van der Waals surface area contributed by atoms with Crippen molar-refractivity contribution in [3.63, 3.8) is 0 Å². The van der Waals surface area contributed by atoms with E-state index < -0.39 is 45.4 Å². The van der Waals surface area contributed by atoms with Crippen LogP contribution in [-0.2, 0) is 19.6 Å². The number of hydrogen-bond donors (Lipinski definition) is 2. The molecule has 0 heterocycles. The van der Waals surface area contributed by atoms with Gasteiger partial charge in [-0.15, -0.1) is 0 Å². The molecule has 1 unspecified atom stereocenters. The normalized spacial score (nSPS) is 12.4. The first kappa shape index (κ1) is 23.5. The summed E-state index contributed by atoms with van der Waals surface area (Å²) >= 11 is 0. The Morgan fingerprint density at radius 3 is 2.32 bits per heavy atom. The Morgan fingerprint density at radius 1 is 1.18 bits per heavy atom. The number of halogens is 1. The molecule has 1 atom stereocenters. The maximum Gasteiger partial charge on any atom is 0.341 e. The van der Waals surface area contributed by atoms with Gasteiger partial charge in [0.05, 0.1) is 10.5 Å². The Morgan fingerprint density at radius 2 is 1.79 bits per heavy atom. The molecule has 28 heavy (non-hydrogen) atoms. The van der Waals surface area contributed by atoms with E-state index in [1.165, 1.54) is 6.92 Å². The van der Waals surface area contributed by atoms with E-state index in [0.717, 1.165) is 22.5 Å². The number of carbonyl (C=O) groups is 3. The summed E-state index contributed by atoms with van der Waals surface area (Å²) in [6.45, 7) is 6.83. The standard InChI is InChI=1S/C17H24FN3O6S/c1-5-19-17(24)20-15(22)11(4)27-16(23)13-10-12(8-9-14(13)18)28(25,26)21(6-2)7-3/h8-11H,5-7H2,1-4H3,(H2,19,20,22,24). The zero-order chi connectivity index (χ0) is 21.5. The maximum atomic E-state index is 14.1. The van der Waals surface area contributed by atoms with E-state index in [4.69, 9.17) is 4.74 Å². The molecule has 2 N–H and O–H groups in total. The number of amides is 3. The van der Waals surface area contributed by atoms with Gasteiger partial charge >= 0.3 is 12.0 Å². The smallest absolute Gasteiger partial charge is 0.341 e. The van der Waals surface area contributed by atoms with Crippen LogP contribution in [0.1, 0.15) is 38.1 Å². The number of sulfonamides is 1. The summed E-state index contributed by atoms with van der Waals surface area (Å²) in [5, 5.41) is 4.28. The minimum Gasteiger partial charge on any atom is -0.449 e. The highest BCUT2D eigenvalue weighted by Gasteiger charge is 2.27. The lowest BCUT2D eigenvalue weighted by Gasteiger charge is -2.19. The molecule has 0 radical (unpaired) electrons. The number of rotatable bonds is 8. The minimum atomic E-state index is -3.91. The Bertz CT molecular complexity index is 839. The number of benzene rings is 1. The molecule has 1 aromatic rings. The lowest BCUT2D eigenvalue weighted by molar-refractivity contribution is -0.127. The van der Waals surface area contributed by atoms with Crippen molar-refractivity contribution in [2.45, 2.75) is 38.7 Å². The summed E-state index contributed by atoms with van der Waals surface area (Å²) in [5.74, 6) is -3.14. The van der Waals surface area contributed by atoms with E-state index in [2.05, 4.69) is 5.32 Å². The molecule has 0 saturated heterocycles. The van der Waals surface area contributed by atoms with Gasteiger partial charge in [-0.1, -0.05) is 13.8 Å². The summed E-state index contributed by atoms with van der Waals surface area (Å²) < 4.78 is 45.1. The predicted molar refractivity (Wildman–Crippen MR) is 98.6 cm³/mol. The largest absolute Gasteiger partial charge is 0.449 e. The molecular formula is C17H24FN3O6S. The van der Waals surface area contributed by atoms with Crippen molar-refractivity contribution in [3.05, 3.63) is 29.6 Å². The van der Waals surface area contributed by atoms with Crippen LogP contribution < -0.4 is 10.6 Å². The van der Waals surface area contributed by atoms with Crippen LogP contribution in [0.25, 0.3) is 0 Å². The van der Waals surface area contributed by atoms with E-state index in [1.54, 1.807) is 20.8 Å². The van der Waals surface area contributed by atoms with Crippen molar-refractivity contribution in [2.24, 2.45) is 0 Å². The van der Waals surface area contributed by atoms with Crippen LogP contribution in [-0.4, -0.2) is 56.4 Å². The van der Waals surface area contributed by atoms with Gasteiger partial charge in [-0.2, -0.15) is 4.31 Å². The molecule has 0 saturated carbocycles. The quantitative estimate of drug-likeness (QED) is 0.614. The first-order valence-electron chi connectivity index (χ1n) is 8.67. The first-order valence-corrected chi connectivity index (χ1v) is 10.1. The van der Waals surface area contributed by atoms with Crippen LogP contribution in [0, 0.1) is 5.82 Å². The second kappa shape index (κ2) is 10.1. The van der Waals surface area contributed by atoms with Crippen LogP contribution >= 0.6 is 0 Å². The van der Waals surface area contributed by atoms with Crippen molar-refractivity contribution < 1.29 is 31.9 Å². The van der Waals surface area contributed by atoms with E-state index in [1.807, 2.05) is 5.32 Å². The van der Waals surface area contributed by atoms with Crippen molar-refractivity contribution in [1.29, 1.82) is 0 Å². The summed E-state index contributed by atoms with van der Waals surface area (Å²) in [5.41, 5.74) is -0.633. The number of urea groups is 1. The molecule has 0 aliphatic rings. The Labute approximate surface area is 163 Å². The van der Waals surface area contributed by atoms with Gasteiger partial charge < -0.3 is 10.1 Å². The fraction of sp³-hybridized carbons (Fsp3) is 0.471. The van der Waals surface area contributed by atoms with Gasteiger partial charge in [0.15, 0.2) is 6.10 Å². The summed E-state index contributed by atoms with van der Waals surface area (Å²) in [7, 11) is -3.91. The zero-order valence-corrected chi connectivity index (χ0v) is 16.9. The third kappa shape index (κ3) is 5.73. The van der Waals surface area contributed by atoms with Crippen molar-refractivity contribution in [2.75, 3.05) is 19.6 Å². The fourth-order valence-corrected chi connectivity index (χ4v) is 3.71. The minimum absolute atomic E-state index is 0.201. The molecule has 0 aromatic heterocycles. The van der Waals surface area contributed by atoms with Crippen LogP contribution in [0.4, 0.5) is 9.18 Å². The van der Waals surface area contributed by atoms with Crippen molar-refractivity contribution >= 4 is 27.9 Å². The Kier molecular flexibility index (Phi) is 8.51. The second-order valence-electron chi connectivity index (χ2n) is 5.63. The molecule has 9 nitrogen and oxygen atoms in total. The monoisotopic (exact) mass is 417 g/mol. The molecule has 0 aliphatic heterocycles. The maximum absolute atomic E-state index is 14.1. The molecule has 3 amide bonds. The van der Waals surface area contributed by atoms with Gasteiger partial charge in [-0.25, -0.2) is 22.4 Å². The van der Waals surface area contributed by atoms with Gasteiger partial charge in [-0.05, 0) is 32.0 Å². The van der Waals surface area contributed by atoms with Crippen LogP contribution in [0.5, 0.6) is 0 Å². The lowest BCUT2D eigenvalue weighted by Crippen LogP contribution is -2.44. The molecule has 0 aliphatic carbocycles. The summed E-state index contributed by atoms with van der Waals surface area (Å²) in [6, 6.07) is 1.98. The highest BCUT2D eigenvalue weighted by Crippen LogP contribution is 2.20. The average Bonchev–Trinajstić information content (AvgIpc) is 2.62. The number of nitrogens with zero attached hydrogens (tertiary/aromatic N) is 1. The summed E-state index contributed by atoms with van der Waals surface area (Å²) in [4.78, 5) is 35.1. The van der Waals surface area contributed by atoms with Crippen LogP contribution in [0.3, 0.4) is 0 Å². The number of esters is 1. The summed E-state index contributed by atoms with van der Waals surface area (Å²) in [6.07, 6.45) is -1.41. The Balaban J connectivity index is 3.03. The molecule has 0 bridgehead atoms. The molecular weight excluding hydrogens is 393 g/mol. The van der Waals surface area contributed by atoms with Gasteiger partial charge in [0.2, 0.25) is 10.0 Å². The highest BCUT2D eigenvalue weighted by molar-refractivity contribution is 7.89. The SMILES string of the molecule is CCNC(=O)NC(=O)C(C)OC(=O)c1cc(S(=O)(=O)N(CC)CC)ccc1F. The topological polar surface area (TPSA) is 122 Å². The zero-order valence-electron chi connectivity index (χ0n) is 16.1. The van der Waals surface area contributed by atoms with E-state index in [9.17, 15) is 27.2 Å². The average molecular weight is 417 g/mol. The number of carbonyl (C=O) groups excluding carboxylic acids is 3. The third-order valence-electron chi connectivity index (χ3n) is 3.73. The van der Waals surface area contributed by atoms with E-state index in [-0.39, 0.29) is 24.5 Å². The van der Waals surface area contributed by atoms with Crippen molar-refractivity contribution in [1.82, 2.24) is 14.9 Å². The fourth-order valence-electron chi connectivity index (χ4n) is 2.23. The van der Waals surface area contributed by atoms with E-state index in [0.29, 0.717) is 0 Å². The van der Waals surface area contributed by atoms with Gasteiger partial charge in [0, 0.05) is 19.6 Å². The van der Waals surface area contributed by atoms with Gasteiger partial charge in [0.25, 0.3) is 5.91 Å². The molecule has 1 aromatic carbocycles. The second-order valence-corrected chi connectivity index (χ2v) is 7.57. The first-order chi connectivity index (χ1) is 13.1. The molecule has 1 rings (SSSR count). The lowest BCUT2D eigenvalue weighted by atomic mass is 10.2. The van der Waals surface area contributed by atoms with Crippen molar-refractivity contribution in [3.8, 4) is 0 Å². The van der Waals surface area contributed by atoms with Gasteiger partial charge in [0.1, 0.15) is 5.82 Å². The molecule has 11 heteroatoms.